The highest BCUT2D eigenvalue weighted by molar-refractivity contribution is 7.80. The molecule has 17 heavy (non-hydrogen) atoms. The lowest BCUT2D eigenvalue weighted by molar-refractivity contribution is 0.626. The van der Waals surface area contributed by atoms with Crippen LogP contribution in [0.3, 0.4) is 0 Å². The van der Waals surface area contributed by atoms with Gasteiger partial charge in [-0.1, -0.05) is 12.2 Å². The van der Waals surface area contributed by atoms with E-state index in [1.54, 1.807) is 35.2 Å². The molecule has 0 spiro atoms. The molecule has 2 rings (SSSR count). The second kappa shape index (κ2) is 5.20. The van der Waals surface area contributed by atoms with Crippen molar-refractivity contribution >= 4 is 34.2 Å². The minimum atomic E-state index is -0.410. The highest BCUT2D eigenvalue weighted by Crippen LogP contribution is 2.16. The van der Waals surface area contributed by atoms with Gasteiger partial charge in [-0.3, -0.25) is 4.98 Å². The first-order chi connectivity index (χ1) is 8.16. The van der Waals surface area contributed by atoms with Gasteiger partial charge in [0.25, 0.3) is 0 Å². The zero-order chi connectivity index (χ0) is 12.3. The summed E-state index contributed by atoms with van der Waals surface area (Å²) in [5, 5.41) is 3.10. The number of halogens is 1. The maximum atomic E-state index is 13.5. The van der Waals surface area contributed by atoms with Crippen molar-refractivity contribution in [1.29, 1.82) is 0 Å². The molecule has 88 valence electrons. The van der Waals surface area contributed by atoms with E-state index in [1.807, 2.05) is 0 Å². The summed E-state index contributed by atoms with van der Waals surface area (Å²) in [7, 11) is 0. The Morgan fingerprint density at radius 1 is 1.53 bits per heavy atom. The number of aromatic nitrogens is 1. The van der Waals surface area contributed by atoms with Gasteiger partial charge in [0.2, 0.25) is 0 Å². The fourth-order valence-corrected chi connectivity index (χ4v) is 2.04. The lowest BCUT2D eigenvalue weighted by Gasteiger charge is -2.06. The van der Waals surface area contributed by atoms with Crippen LogP contribution in [0, 0.1) is 5.82 Å². The van der Waals surface area contributed by atoms with Crippen molar-refractivity contribution in [3.63, 3.8) is 0 Å². The second-order valence-electron chi connectivity index (χ2n) is 3.38. The number of rotatable bonds is 4. The molecule has 0 saturated heterocycles. The summed E-state index contributed by atoms with van der Waals surface area (Å²) in [6.07, 6.45) is 1.78. The molecule has 0 atom stereocenters. The first-order valence-electron chi connectivity index (χ1n) is 4.87. The largest absolute Gasteiger partial charge is 0.389 e. The van der Waals surface area contributed by atoms with Crippen molar-refractivity contribution in [2.24, 2.45) is 5.73 Å². The summed E-state index contributed by atoms with van der Waals surface area (Å²) in [5.41, 5.74) is 8.10. The van der Waals surface area contributed by atoms with Crippen molar-refractivity contribution in [3.8, 4) is 0 Å². The monoisotopic (exact) mass is 267 g/mol. The Morgan fingerprint density at radius 3 is 2.94 bits per heavy atom. The molecule has 1 aromatic carbocycles. The molecule has 0 aliphatic carbocycles. The topological polar surface area (TPSA) is 50.9 Å². The molecule has 0 fully saturated rings. The third kappa shape index (κ3) is 2.98. The fourth-order valence-electron chi connectivity index (χ4n) is 1.34. The lowest BCUT2D eigenvalue weighted by atomic mass is 10.2. The summed E-state index contributed by atoms with van der Waals surface area (Å²) in [4.78, 5) is 5.11. The molecule has 0 saturated carbocycles. The average molecular weight is 267 g/mol. The Hall–Kier alpha value is -1.53. The summed E-state index contributed by atoms with van der Waals surface area (Å²) in [5.74, 6) is -0.410. The van der Waals surface area contributed by atoms with E-state index >= 15 is 0 Å². The normalized spacial score (nSPS) is 10.2. The Morgan fingerprint density at radius 2 is 2.35 bits per heavy atom. The summed E-state index contributed by atoms with van der Waals surface area (Å²) in [6.45, 7) is 0.622. The Labute approximate surface area is 107 Å². The number of nitrogens with zero attached hydrogens (tertiary/aromatic N) is 1. The first-order valence-corrected chi connectivity index (χ1v) is 6.16. The van der Waals surface area contributed by atoms with Gasteiger partial charge in [0.1, 0.15) is 10.8 Å². The Bertz CT molecular complexity index is 526. The van der Waals surface area contributed by atoms with Crippen LogP contribution in [0.5, 0.6) is 0 Å². The van der Waals surface area contributed by atoms with Crippen LogP contribution in [-0.2, 0) is 6.54 Å². The van der Waals surface area contributed by atoms with Gasteiger partial charge < -0.3 is 11.1 Å². The SMILES string of the molecule is NC(=S)c1ccc(NCc2cncs2)cc1F. The van der Waals surface area contributed by atoms with E-state index in [4.69, 9.17) is 18.0 Å². The van der Waals surface area contributed by atoms with Gasteiger partial charge in [-0.05, 0) is 18.2 Å². The van der Waals surface area contributed by atoms with E-state index < -0.39 is 5.82 Å². The number of nitrogens with two attached hydrogens (primary N) is 1. The number of nitrogens with one attached hydrogen (secondary N) is 1. The van der Waals surface area contributed by atoms with E-state index in [-0.39, 0.29) is 10.6 Å². The van der Waals surface area contributed by atoms with Crippen LogP contribution < -0.4 is 11.1 Å². The summed E-state index contributed by atoms with van der Waals surface area (Å²) >= 11 is 6.28. The average Bonchev–Trinajstić information content (AvgIpc) is 2.78. The van der Waals surface area contributed by atoms with Crippen LogP contribution in [0.25, 0.3) is 0 Å². The van der Waals surface area contributed by atoms with E-state index in [2.05, 4.69) is 10.3 Å². The number of benzene rings is 1. The smallest absolute Gasteiger partial charge is 0.135 e. The highest BCUT2D eigenvalue weighted by atomic mass is 32.1. The molecular weight excluding hydrogens is 257 g/mol. The Balaban J connectivity index is 2.07. The van der Waals surface area contributed by atoms with Crippen LogP contribution in [-0.4, -0.2) is 9.97 Å². The van der Waals surface area contributed by atoms with Crippen LogP contribution >= 0.6 is 23.6 Å². The molecular formula is C11H10FN3S2. The second-order valence-corrected chi connectivity index (χ2v) is 4.79. The molecule has 0 unspecified atom stereocenters. The van der Waals surface area contributed by atoms with Crippen LogP contribution in [0.2, 0.25) is 0 Å². The van der Waals surface area contributed by atoms with Gasteiger partial charge in [0.15, 0.2) is 0 Å². The number of thiazole rings is 1. The quantitative estimate of drug-likeness (QED) is 0.836. The molecule has 0 amide bonds. The van der Waals surface area contributed by atoms with Gasteiger partial charge in [0.05, 0.1) is 12.1 Å². The number of hydrogen-bond acceptors (Lipinski definition) is 4. The molecule has 0 radical (unpaired) electrons. The van der Waals surface area contributed by atoms with Gasteiger partial charge in [-0.25, -0.2) is 4.39 Å². The summed E-state index contributed by atoms with van der Waals surface area (Å²) < 4.78 is 13.5. The minimum Gasteiger partial charge on any atom is -0.389 e. The van der Waals surface area contributed by atoms with Gasteiger partial charge in [0, 0.05) is 22.3 Å². The Kier molecular flexibility index (Phi) is 3.65. The van der Waals surface area contributed by atoms with Crippen molar-refractivity contribution in [2.45, 2.75) is 6.54 Å². The third-order valence-corrected chi connectivity index (χ3v) is 3.18. The highest BCUT2D eigenvalue weighted by Gasteiger charge is 2.05. The number of thiocarbonyl (C=S) groups is 1. The zero-order valence-electron chi connectivity index (χ0n) is 8.81. The first kappa shape index (κ1) is 11.9. The van der Waals surface area contributed by atoms with Gasteiger partial charge in [-0.2, -0.15) is 0 Å². The predicted octanol–water partition coefficient (Wildman–Crippen LogP) is 2.53. The molecule has 0 aliphatic heterocycles. The maximum Gasteiger partial charge on any atom is 0.135 e. The molecule has 2 aromatic rings. The minimum absolute atomic E-state index is 0.0662. The van der Waals surface area contributed by atoms with Crippen LogP contribution in [0.1, 0.15) is 10.4 Å². The van der Waals surface area contributed by atoms with Crippen LogP contribution in [0.15, 0.2) is 29.9 Å². The van der Waals surface area contributed by atoms with Crippen molar-refractivity contribution in [1.82, 2.24) is 4.98 Å². The molecule has 6 heteroatoms. The standard InChI is InChI=1S/C11H10FN3S2/c12-10-3-7(1-2-9(10)11(13)16)15-5-8-4-14-6-17-8/h1-4,6,15H,5H2,(H2,13,16). The van der Waals surface area contributed by atoms with E-state index in [9.17, 15) is 4.39 Å². The molecule has 3 nitrogen and oxygen atoms in total. The lowest BCUT2D eigenvalue weighted by Crippen LogP contribution is -2.11. The van der Waals surface area contributed by atoms with E-state index in [0.29, 0.717) is 12.2 Å². The number of hydrogen-bond donors (Lipinski definition) is 2. The van der Waals surface area contributed by atoms with Crippen molar-refractivity contribution < 1.29 is 4.39 Å². The van der Waals surface area contributed by atoms with Crippen molar-refractivity contribution in [3.05, 3.63) is 46.2 Å². The van der Waals surface area contributed by atoms with Crippen molar-refractivity contribution in [2.75, 3.05) is 5.32 Å². The van der Waals surface area contributed by atoms with Crippen LogP contribution in [0.4, 0.5) is 10.1 Å². The fraction of sp³-hybridized carbons (Fsp3) is 0.0909. The predicted molar refractivity (Wildman–Crippen MR) is 71.7 cm³/mol. The molecule has 1 heterocycles. The van der Waals surface area contributed by atoms with E-state index in [1.165, 1.54) is 6.07 Å². The third-order valence-electron chi connectivity index (χ3n) is 2.18. The molecule has 1 aromatic heterocycles. The summed E-state index contributed by atoms with van der Waals surface area (Å²) in [6, 6.07) is 4.71. The molecule has 0 bridgehead atoms. The maximum absolute atomic E-state index is 13.5. The molecule has 0 aliphatic rings. The zero-order valence-corrected chi connectivity index (χ0v) is 10.4. The van der Waals surface area contributed by atoms with E-state index in [0.717, 1.165) is 4.88 Å². The molecule has 3 N–H and O–H groups in total. The number of anilines is 1. The van der Waals surface area contributed by atoms with Gasteiger partial charge in [-0.15, -0.1) is 11.3 Å². The van der Waals surface area contributed by atoms with Gasteiger partial charge >= 0.3 is 0 Å².